The molecule has 3 nitrogen and oxygen atoms in total. The van der Waals surface area contributed by atoms with Gasteiger partial charge in [-0.1, -0.05) is 18.2 Å². The van der Waals surface area contributed by atoms with E-state index in [1.165, 1.54) is 10.9 Å². The maximum Gasteiger partial charge on any atom is 0.186 e. The third-order valence-corrected chi connectivity index (χ3v) is 5.45. The topological polar surface area (TPSA) is 42.2 Å². The molecule has 0 spiro atoms. The highest BCUT2D eigenvalue weighted by Crippen LogP contribution is 2.37. The number of aromatic nitrogens is 1. The van der Waals surface area contributed by atoms with E-state index in [0.717, 1.165) is 30.1 Å². The van der Waals surface area contributed by atoms with Crippen molar-refractivity contribution in [3.8, 4) is 0 Å². The van der Waals surface area contributed by atoms with Crippen molar-refractivity contribution in [3.05, 3.63) is 46.2 Å². The van der Waals surface area contributed by atoms with Crippen molar-refractivity contribution in [1.29, 1.82) is 0 Å². The van der Waals surface area contributed by atoms with Crippen molar-refractivity contribution in [2.24, 2.45) is 5.73 Å². The first-order chi connectivity index (χ1) is 10.1. The van der Waals surface area contributed by atoms with E-state index in [-0.39, 0.29) is 17.9 Å². The number of benzene rings is 1. The minimum atomic E-state index is -0.171. The number of fused-ring (bicyclic) bond motifs is 1. The summed E-state index contributed by atoms with van der Waals surface area (Å²) in [7, 11) is 1.97. The monoisotopic (exact) mass is 305 g/mol. The highest BCUT2D eigenvalue weighted by molar-refractivity contribution is 7.15. The molecule has 0 saturated carbocycles. The van der Waals surface area contributed by atoms with Crippen LogP contribution in [0.4, 0.5) is 9.52 Å². The first-order valence-corrected chi connectivity index (χ1v) is 8.12. The molecule has 112 valence electrons. The fourth-order valence-electron chi connectivity index (χ4n) is 2.78. The Morgan fingerprint density at radius 2 is 2.19 bits per heavy atom. The number of nitrogens with zero attached hydrogens (tertiary/aromatic N) is 2. The summed E-state index contributed by atoms with van der Waals surface area (Å²) < 4.78 is 13.9. The van der Waals surface area contributed by atoms with Crippen LogP contribution in [0.5, 0.6) is 0 Å². The molecule has 1 aromatic carbocycles. The van der Waals surface area contributed by atoms with Gasteiger partial charge in [0.25, 0.3) is 0 Å². The molecule has 1 heterocycles. The highest BCUT2D eigenvalue weighted by Gasteiger charge is 2.25. The number of aryl methyl sites for hydroxylation is 1. The van der Waals surface area contributed by atoms with Gasteiger partial charge in [0, 0.05) is 23.5 Å². The molecule has 1 aromatic heterocycles. The van der Waals surface area contributed by atoms with Gasteiger partial charge >= 0.3 is 0 Å². The van der Waals surface area contributed by atoms with Crippen LogP contribution in [0.25, 0.3) is 0 Å². The number of nitrogens with two attached hydrogens (primary N) is 1. The second-order valence-corrected chi connectivity index (χ2v) is 6.67. The summed E-state index contributed by atoms with van der Waals surface area (Å²) in [4.78, 5) is 8.03. The van der Waals surface area contributed by atoms with E-state index in [4.69, 9.17) is 10.7 Å². The average Bonchev–Trinajstić information content (AvgIpc) is 2.92. The van der Waals surface area contributed by atoms with Gasteiger partial charge in [0.15, 0.2) is 5.13 Å². The first-order valence-electron chi connectivity index (χ1n) is 7.30. The lowest BCUT2D eigenvalue weighted by molar-refractivity contribution is 0.561. The Labute approximate surface area is 128 Å². The molecule has 0 bridgehead atoms. The van der Waals surface area contributed by atoms with Gasteiger partial charge in [0.05, 0.1) is 11.7 Å². The summed E-state index contributed by atoms with van der Waals surface area (Å²) in [6.45, 7) is 2.00. The number of hydrogen-bond acceptors (Lipinski definition) is 4. The van der Waals surface area contributed by atoms with Gasteiger partial charge in [-0.05, 0) is 32.3 Å². The van der Waals surface area contributed by atoms with Crippen LogP contribution < -0.4 is 10.6 Å². The Balaban J connectivity index is 1.88. The van der Waals surface area contributed by atoms with E-state index < -0.39 is 0 Å². The maximum atomic E-state index is 13.9. The van der Waals surface area contributed by atoms with E-state index in [1.54, 1.807) is 17.4 Å². The SMILES string of the molecule is CC(c1ccccc1F)N(C)c1nc2c(s1)CCCC2N. The van der Waals surface area contributed by atoms with Crippen molar-refractivity contribution in [2.75, 3.05) is 11.9 Å². The Hall–Kier alpha value is -1.46. The van der Waals surface area contributed by atoms with Gasteiger partial charge in [0.2, 0.25) is 0 Å². The Morgan fingerprint density at radius 3 is 2.90 bits per heavy atom. The number of anilines is 1. The van der Waals surface area contributed by atoms with Gasteiger partial charge in [0.1, 0.15) is 5.82 Å². The zero-order valence-electron chi connectivity index (χ0n) is 12.3. The van der Waals surface area contributed by atoms with Gasteiger partial charge in [-0.2, -0.15) is 0 Å². The molecule has 0 fully saturated rings. The van der Waals surface area contributed by atoms with Crippen molar-refractivity contribution in [2.45, 2.75) is 38.3 Å². The lowest BCUT2D eigenvalue weighted by Gasteiger charge is -2.25. The van der Waals surface area contributed by atoms with Crippen LogP contribution in [0.3, 0.4) is 0 Å². The minimum Gasteiger partial charge on any atom is -0.344 e. The van der Waals surface area contributed by atoms with Crippen LogP contribution in [-0.4, -0.2) is 12.0 Å². The molecule has 0 radical (unpaired) electrons. The van der Waals surface area contributed by atoms with Crippen LogP contribution in [0.15, 0.2) is 24.3 Å². The van der Waals surface area contributed by atoms with Gasteiger partial charge < -0.3 is 10.6 Å². The minimum absolute atomic E-state index is 0.0518. The largest absolute Gasteiger partial charge is 0.344 e. The molecule has 2 aromatic rings. The zero-order valence-corrected chi connectivity index (χ0v) is 13.2. The Kier molecular flexibility index (Phi) is 3.95. The molecule has 0 amide bonds. The Morgan fingerprint density at radius 1 is 1.43 bits per heavy atom. The molecule has 1 aliphatic carbocycles. The molecule has 2 N–H and O–H groups in total. The van der Waals surface area contributed by atoms with Crippen molar-refractivity contribution < 1.29 is 4.39 Å². The normalized spacial score (nSPS) is 19.1. The Bertz CT molecular complexity index is 640. The zero-order chi connectivity index (χ0) is 15.0. The van der Waals surface area contributed by atoms with Crippen molar-refractivity contribution in [1.82, 2.24) is 4.98 Å². The quantitative estimate of drug-likeness (QED) is 0.937. The third-order valence-electron chi connectivity index (χ3n) is 4.22. The summed E-state index contributed by atoms with van der Waals surface area (Å²) in [6.07, 6.45) is 3.19. The fraction of sp³-hybridized carbons (Fsp3) is 0.438. The highest BCUT2D eigenvalue weighted by atomic mass is 32.1. The van der Waals surface area contributed by atoms with Crippen LogP contribution in [0.1, 0.15) is 48.0 Å². The van der Waals surface area contributed by atoms with Crippen LogP contribution >= 0.6 is 11.3 Å². The van der Waals surface area contributed by atoms with Crippen LogP contribution in [-0.2, 0) is 6.42 Å². The van der Waals surface area contributed by atoms with E-state index in [2.05, 4.69) is 0 Å². The van der Waals surface area contributed by atoms with Crippen LogP contribution in [0.2, 0.25) is 0 Å². The summed E-state index contributed by atoms with van der Waals surface area (Å²) in [5.41, 5.74) is 7.86. The molecule has 2 unspecified atom stereocenters. The van der Waals surface area contributed by atoms with E-state index in [0.29, 0.717) is 5.56 Å². The number of hydrogen-bond donors (Lipinski definition) is 1. The van der Waals surface area contributed by atoms with E-state index in [1.807, 2.05) is 31.0 Å². The molecule has 0 saturated heterocycles. The lowest BCUT2D eigenvalue weighted by Crippen LogP contribution is -2.22. The summed E-state index contributed by atoms with van der Waals surface area (Å²) in [5.74, 6) is -0.171. The summed E-state index contributed by atoms with van der Waals surface area (Å²) >= 11 is 1.69. The summed E-state index contributed by atoms with van der Waals surface area (Å²) in [6, 6.07) is 6.90. The second kappa shape index (κ2) is 5.73. The third kappa shape index (κ3) is 2.68. The van der Waals surface area contributed by atoms with Gasteiger partial charge in [-0.25, -0.2) is 9.37 Å². The van der Waals surface area contributed by atoms with Crippen LogP contribution in [0, 0.1) is 5.82 Å². The van der Waals surface area contributed by atoms with E-state index >= 15 is 0 Å². The van der Waals surface area contributed by atoms with Crippen molar-refractivity contribution >= 4 is 16.5 Å². The maximum absolute atomic E-state index is 13.9. The molecule has 5 heteroatoms. The fourth-order valence-corrected chi connectivity index (χ4v) is 3.99. The molecular formula is C16H20FN3S. The molecule has 21 heavy (non-hydrogen) atoms. The predicted molar refractivity (Wildman–Crippen MR) is 85.2 cm³/mol. The standard InChI is InChI=1S/C16H20FN3S/c1-10(11-6-3-4-7-12(11)17)20(2)16-19-15-13(18)8-5-9-14(15)21-16/h3-4,6-7,10,13H,5,8-9,18H2,1-2H3. The van der Waals surface area contributed by atoms with E-state index in [9.17, 15) is 4.39 Å². The van der Waals surface area contributed by atoms with Gasteiger partial charge in [-0.15, -0.1) is 11.3 Å². The molecular weight excluding hydrogens is 285 g/mol. The smallest absolute Gasteiger partial charge is 0.186 e. The second-order valence-electron chi connectivity index (χ2n) is 5.61. The molecule has 2 atom stereocenters. The number of halogens is 1. The molecule has 1 aliphatic rings. The molecule has 0 aliphatic heterocycles. The van der Waals surface area contributed by atoms with Gasteiger partial charge in [-0.3, -0.25) is 0 Å². The average molecular weight is 305 g/mol. The predicted octanol–water partition coefficient (Wildman–Crippen LogP) is 3.82. The number of thiazole rings is 1. The van der Waals surface area contributed by atoms with Crippen molar-refractivity contribution in [3.63, 3.8) is 0 Å². The first kappa shape index (κ1) is 14.5. The molecule has 3 rings (SSSR count). The lowest BCUT2D eigenvalue weighted by atomic mass is 9.99. The number of rotatable bonds is 3. The summed E-state index contributed by atoms with van der Waals surface area (Å²) in [5, 5.41) is 0.924.